The summed E-state index contributed by atoms with van der Waals surface area (Å²) in [6.45, 7) is -0.723. The first kappa shape index (κ1) is 25.6. The third kappa shape index (κ3) is 5.36. The summed E-state index contributed by atoms with van der Waals surface area (Å²) in [7, 11) is -4.27. The fourth-order valence-corrected chi connectivity index (χ4v) is 5.44. The predicted octanol–water partition coefficient (Wildman–Crippen LogP) is 3.78. The Hall–Kier alpha value is -3.45. The zero-order chi connectivity index (χ0) is 26.0. The highest BCUT2D eigenvalue weighted by atomic mass is 32.2. The lowest BCUT2D eigenvalue weighted by Crippen LogP contribution is -2.45. The molecule has 1 aliphatic rings. The number of hydrogen-bond donors (Lipinski definition) is 1. The molecule has 1 N–H and O–H groups in total. The zero-order valence-corrected chi connectivity index (χ0v) is 19.2. The van der Waals surface area contributed by atoms with Crippen molar-refractivity contribution in [2.75, 3.05) is 6.54 Å². The van der Waals surface area contributed by atoms with E-state index in [0.717, 1.165) is 47.0 Å². The van der Waals surface area contributed by atoms with E-state index in [-0.39, 0.29) is 34.8 Å². The Morgan fingerprint density at radius 2 is 1.81 bits per heavy atom. The largest absolute Gasteiger partial charge is 0.349 e. The van der Waals surface area contributed by atoms with Crippen LogP contribution in [0.5, 0.6) is 0 Å². The number of hydrogen-bond acceptors (Lipinski definition) is 5. The minimum Gasteiger partial charge on any atom is -0.349 e. The van der Waals surface area contributed by atoms with Crippen LogP contribution in [0, 0.1) is 11.6 Å². The van der Waals surface area contributed by atoms with Crippen LogP contribution in [0.4, 0.5) is 22.0 Å². The molecular weight excluding hydrogens is 507 g/mol. The Morgan fingerprint density at radius 1 is 1.08 bits per heavy atom. The van der Waals surface area contributed by atoms with Gasteiger partial charge in [0, 0.05) is 18.5 Å². The third-order valence-electron chi connectivity index (χ3n) is 5.63. The van der Waals surface area contributed by atoms with Crippen molar-refractivity contribution in [3.05, 3.63) is 77.8 Å². The first-order valence-electron chi connectivity index (χ1n) is 10.6. The Bertz CT molecular complexity index is 1370. The number of carbonyl (C=O) groups is 1. The van der Waals surface area contributed by atoms with Crippen molar-refractivity contribution in [2.24, 2.45) is 0 Å². The van der Waals surface area contributed by atoms with Crippen molar-refractivity contribution < 1.29 is 35.2 Å². The molecule has 1 saturated heterocycles. The van der Waals surface area contributed by atoms with Gasteiger partial charge in [-0.25, -0.2) is 40.3 Å². The highest BCUT2D eigenvalue weighted by Crippen LogP contribution is 2.29. The number of benzene rings is 2. The number of aromatic nitrogens is 2. The van der Waals surface area contributed by atoms with Gasteiger partial charge in [0.2, 0.25) is 15.9 Å². The Labute approximate surface area is 203 Å². The van der Waals surface area contributed by atoms with Crippen LogP contribution >= 0.6 is 0 Å². The van der Waals surface area contributed by atoms with Gasteiger partial charge in [0.15, 0.2) is 0 Å². The topological polar surface area (TPSA) is 92.3 Å². The second-order valence-corrected chi connectivity index (χ2v) is 9.92. The van der Waals surface area contributed by atoms with Crippen LogP contribution < -0.4 is 5.32 Å². The molecule has 2 aromatic carbocycles. The van der Waals surface area contributed by atoms with E-state index in [9.17, 15) is 35.2 Å². The van der Waals surface area contributed by atoms with Crippen molar-refractivity contribution in [3.8, 4) is 11.3 Å². The van der Waals surface area contributed by atoms with Crippen molar-refractivity contribution >= 4 is 15.9 Å². The highest BCUT2D eigenvalue weighted by Gasteiger charge is 2.44. The Kier molecular flexibility index (Phi) is 7.31. The molecule has 0 spiro atoms. The number of rotatable bonds is 7. The smallest absolute Gasteiger partial charge is 0.266 e. The van der Waals surface area contributed by atoms with Crippen molar-refractivity contribution in [3.63, 3.8) is 0 Å². The van der Waals surface area contributed by atoms with Crippen LogP contribution in [0.25, 0.3) is 11.3 Å². The van der Waals surface area contributed by atoms with Crippen LogP contribution in [0.15, 0.2) is 59.8 Å². The van der Waals surface area contributed by atoms with E-state index in [4.69, 9.17) is 0 Å². The van der Waals surface area contributed by atoms with Gasteiger partial charge in [-0.3, -0.25) is 4.79 Å². The molecule has 1 amide bonds. The first-order valence-corrected chi connectivity index (χ1v) is 12.1. The van der Waals surface area contributed by atoms with Crippen molar-refractivity contribution in [1.29, 1.82) is 0 Å². The molecule has 0 bridgehead atoms. The predicted molar refractivity (Wildman–Crippen MR) is 118 cm³/mol. The van der Waals surface area contributed by atoms with Crippen molar-refractivity contribution in [1.82, 2.24) is 19.6 Å². The molecular formula is C23H19F5N4O3S. The van der Waals surface area contributed by atoms with E-state index in [2.05, 4.69) is 15.3 Å². The molecule has 0 saturated carbocycles. The molecule has 1 fully saturated rings. The van der Waals surface area contributed by atoms with Gasteiger partial charge in [0.05, 0.1) is 28.4 Å². The molecule has 36 heavy (non-hydrogen) atoms. The molecule has 3 aromatic rings. The third-order valence-corrected chi connectivity index (χ3v) is 7.52. The standard InChI is InChI=1S/C23H19F5N4O3S/c24-14-2-4-17(5-3-14)36(34,35)32-11-15(25)8-21(32)23(33)29-10-16-9-20(31-12-30-16)13-1-6-18(22(27)28)19(26)7-13/h1-7,9,12,15,21-22H,8,10-11H2,(H,29,33)/t15-,21+/m1/s1. The molecule has 13 heteroatoms. The number of amides is 1. The highest BCUT2D eigenvalue weighted by molar-refractivity contribution is 7.89. The summed E-state index contributed by atoms with van der Waals surface area (Å²) in [6, 6.07) is 7.15. The maximum atomic E-state index is 14.2. The lowest BCUT2D eigenvalue weighted by molar-refractivity contribution is -0.124. The second kappa shape index (κ2) is 10.3. The SMILES string of the molecule is O=C(NCc1cc(-c2ccc(C(F)F)c(F)c2)ncn1)[C@@H]1C[C@@H](F)CN1S(=O)(=O)c1ccc(F)cc1. The lowest BCUT2D eigenvalue weighted by Gasteiger charge is -2.23. The zero-order valence-electron chi connectivity index (χ0n) is 18.4. The quantitative estimate of drug-likeness (QED) is 0.474. The van der Waals surface area contributed by atoms with Gasteiger partial charge >= 0.3 is 0 Å². The summed E-state index contributed by atoms with van der Waals surface area (Å²) in [5.74, 6) is -2.52. The summed E-state index contributed by atoms with van der Waals surface area (Å²) in [4.78, 5) is 20.5. The molecule has 4 rings (SSSR count). The molecule has 7 nitrogen and oxygen atoms in total. The first-order chi connectivity index (χ1) is 17.1. The molecule has 190 valence electrons. The van der Waals surface area contributed by atoms with E-state index in [1.54, 1.807) is 0 Å². The van der Waals surface area contributed by atoms with Gasteiger partial charge in [0.25, 0.3) is 6.43 Å². The second-order valence-electron chi connectivity index (χ2n) is 8.03. The fourth-order valence-electron chi connectivity index (χ4n) is 3.81. The monoisotopic (exact) mass is 526 g/mol. The van der Waals surface area contributed by atoms with Crippen molar-refractivity contribution in [2.45, 2.75) is 36.5 Å². The van der Waals surface area contributed by atoms with Crippen LogP contribution in [0.1, 0.15) is 24.1 Å². The van der Waals surface area contributed by atoms with Crippen LogP contribution in [-0.2, 0) is 21.4 Å². The molecule has 0 unspecified atom stereocenters. The minimum atomic E-state index is -4.27. The molecule has 2 atom stereocenters. The summed E-state index contributed by atoms with van der Waals surface area (Å²) in [5.41, 5.74) is -0.0729. The Morgan fingerprint density at radius 3 is 2.47 bits per heavy atom. The van der Waals surface area contributed by atoms with Gasteiger partial charge in [-0.15, -0.1) is 0 Å². The minimum absolute atomic E-state index is 0.191. The summed E-state index contributed by atoms with van der Waals surface area (Å²) in [6.07, 6.45) is -3.78. The lowest BCUT2D eigenvalue weighted by atomic mass is 10.1. The van der Waals surface area contributed by atoms with E-state index < -0.39 is 58.3 Å². The van der Waals surface area contributed by atoms with Gasteiger partial charge in [0.1, 0.15) is 30.2 Å². The fraction of sp³-hybridized carbons (Fsp3) is 0.261. The number of nitrogens with zero attached hydrogens (tertiary/aromatic N) is 3. The molecule has 1 aliphatic heterocycles. The van der Waals surface area contributed by atoms with Gasteiger partial charge < -0.3 is 5.32 Å². The molecule has 0 aliphatic carbocycles. The number of sulfonamides is 1. The summed E-state index contributed by atoms with van der Waals surface area (Å²) < 4.78 is 93.5. The maximum Gasteiger partial charge on any atom is 0.266 e. The van der Waals surface area contributed by atoms with E-state index in [1.165, 1.54) is 12.1 Å². The maximum absolute atomic E-state index is 14.2. The van der Waals surface area contributed by atoms with Gasteiger partial charge in [-0.05, 0) is 42.5 Å². The van der Waals surface area contributed by atoms with Crippen LogP contribution in [-0.4, -0.2) is 47.4 Å². The van der Waals surface area contributed by atoms with E-state index in [1.807, 2.05) is 0 Å². The van der Waals surface area contributed by atoms with Gasteiger partial charge in [-0.1, -0.05) is 6.07 Å². The number of alkyl halides is 3. The van der Waals surface area contributed by atoms with Gasteiger partial charge in [-0.2, -0.15) is 4.31 Å². The molecule has 1 aromatic heterocycles. The number of nitrogens with one attached hydrogen (secondary N) is 1. The summed E-state index contributed by atoms with van der Waals surface area (Å²) in [5, 5.41) is 2.50. The number of carbonyl (C=O) groups excluding carboxylic acids is 1. The van der Waals surface area contributed by atoms with Crippen LogP contribution in [0.3, 0.4) is 0 Å². The Balaban J connectivity index is 1.48. The van der Waals surface area contributed by atoms with Crippen LogP contribution in [0.2, 0.25) is 0 Å². The normalized spacial score (nSPS) is 18.5. The molecule has 0 radical (unpaired) electrons. The number of halogens is 5. The molecule has 2 heterocycles. The van der Waals surface area contributed by atoms with E-state index in [0.29, 0.717) is 0 Å². The average Bonchev–Trinajstić information content (AvgIpc) is 3.25. The summed E-state index contributed by atoms with van der Waals surface area (Å²) >= 11 is 0. The average molecular weight is 526 g/mol. The van der Waals surface area contributed by atoms with E-state index >= 15 is 0 Å².